The number of benzene rings is 2. The number of nitrogens with one attached hydrogen (secondary N) is 2. The van der Waals surface area contributed by atoms with E-state index in [2.05, 4.69) is 29.5 Å². The molecule has 3 heterocycles. The highest BCUT2D eigenvalue weighted by atomic mass is 32.1. The molecule has 4 atom stereocenters. The summed E-state index contributed by atoms with van der Waals surface area (Å²) < 4.78 is 0. The van der Waals surface area contributed by atoms with Gasteiger partial charge in [-0.15, -0.1) is 11.3 Å². The first-order valence-corrected chi connectivity index (χ1v) is 16.0. The number of nitrogens with zero attached hydrogens (tertiary/aromatic N) is 3. The van der Waals surface area contributed by atoms with Crippen molar-refractivity contribution >= 4 is 29.1 Å². The second kappa shape index (κ2) is 13.8. The summed E-state index contributed by atoms with van der Waals surface area (Å²) in [5, 5.41) is 20.7. The number of carbonyl (C=O) groups is 3. The maximum Gasteiger partial charge on any atom is 0.254 e. The lowest BCUT2D eigenvalue weighted by Crippen LogP contribution is -2.64. The molecular formula is C33H41N5O4S. The third-order valence-electron chi connectivity index (χ3n) is 8.09. The molecule has 2 fully saturated rings. The first-order chi connectivity index (χ1) is 20.7. The van der Waals surface area contributed by atoms with E-state index in [4.69, 9.17) is 0 Å². The molecule has 2 aliphatic rings. The fraction of sp³-hybridized carbons (Fsp3) is 0.455. The third kappa shape index (κ3) is 7.31. The summed E-state index contributed by atoms with van der Waals surface area (Å²) in [4.78, 5) is 48.8. The predicted molar refractivity (Wildman–Crippen MR) is 167 cm³/mol. The first kappa shape index (κ1) is 30.8. The highest BCUT2D eigenvalue weighted by molar-refractivity contribution is 7.09. The fourth-order valence-electron chi connectivity index (χ4n) is 6.00. The molecule has 2 aromatic carbocycles. The summed E-state index contributed by atoms with van der Waals surface area (Å²) in [7, 11) is 0. The lowest BCUT2D eigenvalue weighted by molar-refractivity contribution is -0.140. The lowest BCUT2D eigenvalue weighted by Gasteiger charge is -2.38. The molecule has 10 heteroatoms. The van der Waals surface area contributed by atoms with Crippen LogP contribution in [0.4, 0.5) is 0 Å². The number of hydrogen-bond donors (Lipinski definition) is 3. The zero-order valence-electron chi connectivity index (χ0n) is 25.0. The van der Waals surface area contributed by atoms with Crippen molar-refractivity contribution in [1.29, 1.82) is 0 Å². The normalized spacial score (nSPS) is 20.3. The number of hydrogen-bond acceptors (Lipinski definition) is 7. The Hall–Kier alpha value is -3.60. The highest BCUT2D eigenvalue weighted by Gasteiger charge is 2.39. The Morgan fingerprint density at radius 1 is 1.12 bits per heavy atom. The Labute approximate surface area is 257 Å². The maximum absolute atomic E-state index is 13.6. The second-order valence-electron chi connectivity index (χ2n) is 11.9. The Bertz CT molecular complexity index is 1430. The maximum atomic E-state index is 13.6. The van der Waals surface area contributed by atoms with E-state index in [-0.39, 0.29) is 17.9 Å². The Balaban J connectivity index is 1.34. The van der Waals surface area contributed by atoms with Gasteiger partial charge in [-0.2, -0.15) is 0 Å². The van der Waals surface area contributed by atoms with Crippen LogP contribution in [0.3, 0.4) is 0 Å². The van der Waals surface area contributed by atoms with Gasteiger partial charge >= 0.3 is 0 Å². The average Bonchev–Trinajstić information content (AvgIpc) is 3.66. The minimum absolute atomic E-state index is 0.0649. The summed E-state index contributed by atoms with van der Waals surface area (Å²) in [6.45, 7) is 8.46. The number of amides is 3. The zero-order valence-corrected chi connectivity index (χ0v) is 25.8. The van der Waals surface area contributed by atoms with Gasteiger partial charge < -0.3 is 25.5 Å². The molecule has 228 valence electrons. The largest absolute Gasteiger partial charge is 0.389 e. The van der Waals surface area contributed by atoms with Crippen LogP contribution < -0.4 is 10.6 Å². The van der Waals surface area contributed by atoms with Crippen LogP contribution >= 0.6 is 11.3 Å². The molecule has 3 unspecified atom stereocenters. The van der Waals surface area contributed by atoms with Crippen molar-refractivity contribution in [3.63, 3.8) is 0 Å². The lowest BCUT2D eigenvalue weighted by atomic mass is 9.93. The molecule has 0 aliphatic carbocycles. The number of aliphatic hydroxyl groups excluding tert-OH is 1. The molecule has 2 saturated heterocycles. The molecule has 0 radical (unpaired) electrons. The first-order valence-electron chi connectivity index (χ1n) is 15.1. The van der Waals surface area contributed by atoms with Gasteiger partial charge in [0.25, 0.3) is 11.8 Å². The number of carbonyl (C=O) groups excluding carboxylic acids is 3. The molecule has 9 nitrogen and oxygen atoms in total. The topological polar surface area (TPSA) is 115 Å². The molecule has 2 aliphatic heterocycles. The molecule has 0 bridgehead atoms. The summed E-state index contributed by atoms with van der Waals surface area (Å²) >= 11 is 1.57. The predicted octanol–water partition coefficient (Wildman–Crippen LogP) is 3.59. The number of aliphatic hydroxyl groups is 1. The van der Waals surface area contributed by atoms with Gasteiger partial charge in [-0.25, -0.2) is 4.98 Å². The van der Waals surface area contributed by atoms with Crippen molar-refractivity contribution in [3.8, 4) is 0 Å². The van der Waals surface area contributed by atoms with Gasteiger partial charge in [-0.05, 0) is 55.9 Å². The van der Waals surface area contributed by atoms with Crippen LogP contribution in [-0.2, 0) is 11.2 Å². The quantitative estimate of drug-likeness (QED) is 0.326. The molecule has 5 rings (SSSR count). The summed E-state index contributed by atoms with van der Waals surface area (Å²) in [5.41, 5.74) is 2.63. The van der Waals surface area contributed by atoms with Crippen molar-refractivity contribution in [2.24, 2.45) is 5.92 Å². The van der Waals surface area contributed by atoms with Gasteiger partial charge in [0.15, 0.2) is 0 Å². The van der Waals surface area contributed by atoms with E-state index in [1.165, 1.54) is 0 Å². The summed E-state index contributed by atoms with van der Waals surface area (Å²) in [6, 6.07) is 14.7. The molecule has 0 spiro atoms. The number of thiazole rings is 1. The van der Waals surface area contributed by atoms with E-state index in [1.54, 1.807) is 40.5 Å². The van der Waals surface area contributed by atoms with Gasteiger partial charge in [0.2, 0.25) is 5.91 Å². The van der Waals surface area contributed by atoms with Gasteiger partial charge in [-0.1, -0.05) is 50.2 Å². The Morgan fingerprint density at radius 2 is 1.88 bits per heavy atom. The molecule has 0 saturated carbocycles. The van der Waals surface area contributed by atoms with Crippen molar-refractivity contribution < 1.29 is 19.5 Å². The van der Waals surface area contributed by atoms with Gasteiger partial charge in [0, 0.05) is 48.4 Å². The molecule has 3 amide bonds. The van der Waals surface area contributed by atoms with E-state index in [9.17, 15) is 19.5 Å². The second-order valence-corrected chi connectivity index (χ2v) is 12.8. The fourth-order valence-corrected chi connectivity index (χ4v) is 6.94. The minimum atomic E-state index is -1.16. The van der Waals surface area contributed by atoms with Crippen molar-refractivity contribution in [1.82, 2.24) is 25.4 Å². The monoisotopic (exact) mass is 603 g/mol. The molecule has 43 heavy (non-hydrogen) atoms. The zero-order chi connectivity index (χ0) is 30.5. The number of piperazine rings is 1. The van der Waals surface area contributed by atoms with Crippen molar-refractivity contribution in [2.75, 3.05) is 26.2 Å². The molecule has 3 N–H and O–H groups in total. The van der Waals surface area contributed by atoms with Crippen LogP contribution in [0, 0.1) is 12.8 Å². The third-order valence-corrected chi connectivity index (χ3v) is 9.15. The van der Waals surface area contributed by atoms with E-state index < -0.39 is 24.1 Å². The van der Waals surface area contributed by atoms with Crippen LogP contribution in [0.2, 0.25) is 0 Å². The summed E-state index contributed by atoms with van der Waals surface area (Å²) in [6.07, 6.45) is 0.936. The van der Waals surface area contributed by atoms with Crippen LogP contribution in [0.25, 0.3) is 0 Å². The number of aryl methyl sites for hydroxylation is 1. The van der Waals surface area contributed by atoms with E-state index in [1.807, 2.05) is 47.5 Å². The van der Waals surface area contributed by atoms with Crippen molar-refractivity contribution in [2.45, 2.75) is 64.3 Å². The van der Waals surface area contributed by atoms with Gasteiger partial charge in [0.1, 0.15) is 11.0 Å². The van der Waals surface area contributed by atoms with Crippen LogP contribution in [-0.4, -0.2) is 82.0 Å². The van der Waals surface area contributed by atoms with E-state index in [0.717, 1.165) is 29.1 Å². The van der Waals surface area contributed by atoms with Gasteiger partial charge in [0.05, 0.1) is 18.2 Å². The molecule has 3 aromatic rings. The number of aromatic nitrogens is 1. The molecular weight excluding hydrogens is 562 g/mol. The van der Waals surface area contributed by atoms with Crippen molar-refractivity contribution in [3.05, 3.63) is 87.4 Å². The molecule has 1 aromatic heterocycles. The SMILES string of the molecule is Cc1csc(C2CCCN2C(=O)c2cccc(C(=O)NC(Cc3ccccc3)[C@H](O)C3NCCN(CC(C)C)C3=O)c2)n1. The van der Waals surface area contributed by atoms with E-state index in [0.29, 0.717) is 49.6 Å². The smallest absolute Gasteiger partial charge is 0.254 e. The van der Waals surface area contributed by atoms with Crippen LogP contribution in [0.5, 0.6) is 0 Å². The number of likely N-dealkylation sites (tertiary alicyclic amines) is 1. The summed E-state index contributed by atoms with van der Waals surface area (Å²) in [5.74, 6) is -0.405. The Kier molecular flexibility index (Phi) is 9.90. The van der Waals surface area contributed by atoms with Crippen LogP contribution in [0.1, 0.15) is 69.7 Å². The van der Waals surface area contributed by atoms with Crippen LogP contribution in [0.15, 0.2) is 60.0 Å². The average molecular weight is 604 g/mol. The number of rotatable bonds is 10. The minimum Gasteiger partial charge on any atom is -0.389 e. The standard InChI is InChI=1S/C33H41N5O4S/c1-21(2)19-37-16-14-34-28(33(37)42)29(39)26(17-23-9-5-4-6-10-23)36-30(40)24-11-7-12-25(18-24)32(41)38-15-8-13-27(38)31-35-22(3)20-43-31/h4-7,9-12,18,20-21,26-29,34,39H,8,13-17,19H2,1-3H3,(H,36,40)/t26?,27?,28?,29-/m0/s1. The Morgan fingerprint density at radius 3 is 2.60 bits per heavy atom. The van der Waals surface area contributed by atoms with E-state index >= 15 is 0 Å². The highest BCUT2D eigenvalue weighted by Crippen LogP contribution is 2.34. The van der Waals surface area contributed by atoms with Gasteiger partial charge in [-0.3, -0.25) is 14.4 Å².